The molecule has 0 aliphatic heterocycles. The summed E-state index contributed by atoms with van der Waals surface area (Å²) in [5.74, 6) is 0.362. The lowest BCUT2D eigenvalue weighted by Crippen LogP contribution is -2.21. The normalized spacial score (nSPS) is 14.2. The number of rotatable bonds is 8. The summed E-state index contributed by atoms with van der Waals surface area (Å²) in [4.78, 5) is 0. The zero-order valence-corrected chi connectivity index (χ0v) is 12.3. The van der Waals surface area contributed by atoms with Crippen LogP contribution in [0.2, 0.25) is 0 Å². The van der Waals surface area contributed by atoms with Crippen LogP contribution in [0.4, 0.5) is 0 Å². The molecule has 1 aromatic rings. The average molecular weight is 346 g/mol. The molecule has 3 heteroatoms. The van der Waals surface area contributed by atoms with Crippen molar-refractivity contribution < 1.29 is 9.47 Å². The highest BCUT2D eigenvalue weighted by atomic mass is 127. The molecule has 17 heavy (non-hydrogen) atoms. The second kappa shape index (κ2) is 8.66. The molecule has 2 atom stereocenters. The van der Waals surface area contributed by atoms with Gasteiger partial charge in [-0.25, -0.2) is 0 Å². The summed E-state index contributed by atoms with van der Waals surface area (Å²) in [6, 6.07) is 10.1. The van der Waals surface area contributed by atoms with Gasteiger partial charge < -0.3 is 9.47 Å². The molecule has 0 N–H and O–H groups in total. The molecule has 2 unspecified atom stereocenters. The number of hydrogen-bond donors (Lipinski definition) is 0. The van der Waals surface area contributed by atoms with Crippen molar-refractivity contribution in [2.75, 3.05) is 11.0 Å². The molecule has 1 rings (SSSR count). The first kappa shape index (κ1) is 14.7. The quantitative estimate of drug-likeness (QED) is 0.309. The van der Waals surface area contributed by atoms with Crippen molar-refractivity contribution in [1.82, 2.24) is 0 Å². The molecule has 0 heterocycles. The van der Waals surface area contributed by atoms with E-state index in [1.54, 1.807) is 0 Å². The number of hydrogen-bond acceptors (Lipinski definition) is 2. The van der Waals surface area contributed by atoms with Crippen molar-refractivity contribution in [2.24, 2.45) is 5.92 Å². The topological polar surface area (TPSA) is 18.5 Å². The van der Waals surface area contributed by atoms with Gasteiger partial charge in [-0.2, -0.15) is 0 Å². The molecule has 1 aromatic carbocycles. The Kier molecular flexibility index (Phi) is 7.48. The molecule has 0 aromatic heterocycles. The van der Waals surface area contributed by atoms with Crippen molar-refractivity contribution in [1.29, 1.82) is 0 Å². The molecular weight excluding hydrogens is 327 g/mol. The molecular formula is C14H19IO2. The van der Waals surface area contributed by atoms with Gasteiger partial charge in [0, 0.05) is 0 Å². The smallest absolute Gasteiger partial charge is 0.166 e. The maximum Gasteiger partial charge on any atom is 0.166 e. The van der Waals surface area contributed by atoms with Gasteiger partial charge in [-0.05, 0) is 11.5 Å². The zero-order chi connectivity index (χ0) is 12.5. The molecule has 0 spiro atoms. The van der Waals surface area contributed by atoms with E-state index in [0.717, 1.165) is 4.43 Å². The molecule has 2 nitrogen and oxygen atoms in total. The Balaban J connectivity index is 2.30. The summed E-state index contributed by atoms with van der Waals surface area (Å²) in [6.07, 6.45) is 1.75. The first-order chi connectivity index (χ1) is 8.26. The SMILES string of the molecule is C=CC(C)COC(CI)OCc1ccccc1. The molecule has 0 aliphatic rings. The van der Waals surface area contributed by atoms with E-state index >= 15 is 0 Å². The highest BCUT2D eigenvalue weighted by Gasteiger charge is 2.09. The van der Waals surface area contributed by atoms with Gasteiger partial charge in [-0.3, -0.25) is 0 Å². The standard InChI is InChI=1S/C14H19IO2/c1-3-12(2)10-16-14(9-15)17-11-13-7-5-4-6-8-13/h3-8,12,14H,1,9-11H2,2H3. The molecule has 0 amide bonds. The first-order valence-electron chi connectivity index (χ1n) is 5.72. The van der Waals surface area contributed by atoms with Crippen molar-refractivity contribution in [3.8, 4) is 0 Å². The van der Waals surface area contributed by atoms with Crippen molar-refractivity contribution in [3.05, 3.63) is 48.6 Å². The first-order valence-corrected chi connectivity index (χ1v) is 7.24. The minimum atomic E-state index is -0.141. The van der Waals surface area contributed by atoms with E-state index in [0.29, 0.717) is 19.1 Å². The van der Waals surface area contributed by atoms with Crippen molar-refractivity contribution >= 4 is 22.6 Å². The van der Waals surface area contributed by atoms with E-state index < -0.39 is 0 Å². The molecule has 0 saturated heterocycles. The van der Waals surface area contributed by atoms with Gasteiger partial charge in [0.1, 0.15) is 0 Å². The second-order valence-corrected chi connectivity index (χ2v) is 4.81. The summed E-state index contributed by atoms with van der Waals surface area (Å²) in [7, 11) is 0. The van der Waals surface area contributed by atoms with E-state index in [2.05, 4.69) is 48.2 Å². The van der Waals surface area contributed by atoms with E-state index in [4.69, 9.17) is 9.47 Å². The predicted octanol–water partition coefficient (Wildman–Crippen LogP) is 3.80. The van der Waals surface area contributed by atoms with Gasteiger partial charge in [0.2, 0.25) is 0 Å². The largest absolute Gasteiger partial charge is 0.351 e. The van der Waals surface area contributed by atoms with Gasteiger partial charge in [0.05, 0.1) is 17.6 Å². The highest BCUT2D eigenvalue weighted by Crippen LogP contribution is 2.08. The minimum absolute atomic E-state index is 0.141. The van der Waals surface area contributed by atoms with Crippen LogP contribution in [0, 0.1) is 5.92 Å². The Labute approximate surface area is 117 Å². The lowest BCUT2D eigenvalue weighted by Gasteiger charge is -2.17. The lowest BCUT2D eigenvalue weighted by atomic mass is 10.2. The van der Waals surface area contributed by atoms with E-state index in [9.17, 15) is 0 Å². The maximum absolute atomic E-state index is 5.71. The van der Waals surface area contributed by atoms with Crippen molar-refractivity contribution in [2.45, 2.75) is 19.8 Å². The van der Waals surface area contributed by atoms with Gasteiger partial charge >= 0.3 is 0 Å². The van der Waals surface area contributed by atoms with Crippen LogP contribution in [0.25, 0.3) is 0 Å². The summed E-state index contributed by atoms with van der Waals surface area (Å²) in [5.41, 5.74) is 1.17. The lowest BCUT2D eigenvalue weighted by molar-refractivity contribution is -0.137. The average Bonchev–Trinajstić information content (AvgIpc) is 2.39. The molecule has 0 saturated carbocycles. The summed E-state index contributed by atoms with van der Waals surface area (Å²) >= 11 is 2.28. The van der Waals surface area contributed by atoms with E-state index in [1.165, 1.54) is 5.56 Å². The third-order valence-electron chi connectivity index (χ3n) is 2.35. The van der Waals surface area contributed by atoms with Gasteiger partial charge in [0.15, 0.2) is 6.29 Å². The van der Waals surface area contributed by atoms with Crippen LogP contribution in [0.5, 0.6) is 0 Å². The number of alkyl halides is 1. The third-order valence-corrected chi connectivity index (χ3v) is 3.07. The number of benzene rings is 1. The highest BCUT2D eigenvalue weighted by molar-refractivity contribution is 14.1. The number of halogens is 1. The van der Waals surface area contributed by atoms with E-state index in [1.807, 2.05) is 24.3 Å². The fraction of sp³-hybridized carbons (Fsp3) is 0.429. The minimum Gasteiger partial charge on any atom is -0.351 e. The maximum atomic E-state index is 5.71. The van der Waals surface area contributed by atoms with E-state index in [-0.39, 0.29) is 6.29 Å². The summed E-state index contributed by atoms with van der Waals surface area (Å²) < 4.78 is 12.2. The van der Waals surface area contributed by atoms with Gasteiger partial charge in [-0.1, -0.05) is 65.9 Å². The van der Waals surface area contributed by atoms with Gasteiger partial charge in [0.25, 0.3) is 0 Å². The Hall–Kier alpha value is -0.390. The fourth-order valence-corrected chi connectivity index (χ4v) is 1.74. The fourth-order valence-electron chi connectivity index (χ4n) is 1.23. The Morgan fingerprint density at radius 1 is 1.29 bits per heavy atom. The van der Waals surface area contributed by atoms with Crippen LogP contribution in [0.3, 0.4) is 0 Å². The Bertz CT molecular complexity index is 313. The van der Waals surface area contributed by atoms with Crippen LogP contribution in [-0.2, 0) is 16.1 Å². The third kappa shape index (κ3) is 6.19. The van der Waals surface area contributed by atoms with Crippen molar-refractivity contribution in [3.63, 3.8) is 0 Å². The van der Waals surface area contributed by atoms with Crippen LogP contribution < -0.4 is 0 Å². The Morgan fingerprint density at radius 3 is 2.59 bits per heavy atom. The predicted molar refractivity (Wildman–Crippen MR) is 79.2 cm³/mol. The second-order valence-electron chi connectivity index (χ2n) is 3.93. The molecule has 0 fully saturated rings. The number of ether oxygens (including phenoxy) is 2. The van der Waals surface area contributed by atoms with Gasteiger partial charge in [-0.15, -0.1) is 6.58 Å². The molecule has 0 bridgehead atoms. The zero-order valence-electron chi connectivity index (χ0n) is 10.1. The summed E-state index contributed by atoms with van der Waals surface area (Å²) in [5, 5.41) is 0. The Morgan fingerprint density at radius 2 is 2.00 bits per heavy atom. The van der Waals surface area contributed by atoms with Crippen LogP contribution >= 0.6 is 22.6 Å². The van der Waals surface area contributed by atoms with Crippen LogP contribution in [-0.4, -0.2) is 17.3 Å². The van der Waals surface area contributed by atoms with Crippen LogP contribution in [0.15, 0.2) is 43.0 Å². The molecule has 0 radical (unpaired) electrons. The molecule has 0 aliphatic carbocycles. The summed E-state index contributed by atoms with van der Waals surface area (Å²) in [6.45, 7) is 7.07. The monoisotopic (exact) mass is 346 g/mol. The van der Waals surface area contributed by atoms with Crippen LogP contribution in [0.1, 0.15) is 12.5 Å². The molecule has 94 valence electrons.